The normalized spacial score (nSPS) is 11.5. The summed E-state index contributed by atoms with van der Waals surface area (Å²) in [4.78, 5) is 15.2. The Labute approximate surface area is 294 Å². The summed E-state index contributed by atoms with van der Waals surface area (Å²) in [5.74, 6) is 1.83. The van der Waals surface area contributed by atoms with E-state index in [1.54, 1.807) is 0 Å². The molecule has 0 saturated heterocycles. The van der Waals surface area contributed by atoms with Crippen molar-refractivity contribution >= 4 is 43.5 Å². The predicted octanol–water partition coefficient (Wildman–Crippen LogP) is 12.4. The van der Waals surface area contributed by atoms with Crippen molar-refractivity contribution in [3.05, 3.63) is 176 Å². The molecule has 0 atom stereocenters. The van der Waals surface area contributed by atoms with Crippen LogP contribution in [0.5, 0.6) is 0 Å². The number of hydrogen-bond donors (Lipinski definition) is 0. The first kappa shape index (κ1) is 29.0. The van der Waals surface area contributed by atoms with E-state index in [1.807, 2.05) is 42.5 Å². The second kappa shape index (κ2) is 11.9. The van der Waals surface area contributed by atoms with Crippen LogP contribution in [0.3, 0.4) is 0 Å². The molecule has 0 fully saturated rings. The molecule has 238 valence electrons. The van der Waals surface area contributed by atoms with Crippen LogP contribution in [-0.2, 0) is 0 Å². The van der Waals surface area contributed by atoms with E-state index in [0.29, 0.717) is 17.5 Å². The maximum absolute atomic E-state index is 6.42. The second-order valence-corrected chi connectivity index (χ2v) is 12.8. The minimum atomic E-state index is 0.599. The number of rotatable bonds is 5. The third-order valence-corrected chi connectivity index (χ3v) is 9.73. The molecule has 0 unspecified atom stereocenters. The van der Waals surface area contributed by atoms with Gasteiger partial charge in [0.2, 0.25) is 0 Å². The van der Waals surface area contributed by atoms with Gasteiger partial charge in [0.25, 0.3) is 0 Å². The smallest absolute Gasteiger partial charge is 0.164 e. The molecule has 0 bridgehead atoms. The molecule has 51 heavy (non-hydrogen) atoms. The summed E-state index contributed by atoms with van der Waals surface area (Å²) in [5.41, 5.74) is 8.98. The minimum Gasteiger partial charge on any atom is -0.456 e. The number of fused-ring (bicyclic) bond motifs is 5. The quantitative estimate of drug-likeness (QED) is 0.186. The maximum atomic E-state index is 6.42. The molecular weight excluding hydrogens is 623 g/mol. The molecule has 0 aliphatic rings. The van der Waals surface area contributed by atoms with Gasteiger partial charge < -0.3 is 4.42 Å². The molecule has 0 N–H and O–H groups in total. The zero-order chi connectivity index (χ0) is 33.7. The molecule has 10 rings (SSSR count). The van der Waals surface area contributed by atoms with Crippen LogP contribution in [0.2, 0.25) is 0 Å². The lowest BCUT2D eigenvalue weighted by atomic mass is 9.97. The average Bonchev–Trinajstić information content (AvgIpc) is 3.59. The predicted molar refractivity (Wildman–Crippen MR) is 209 cm³/mol. The summed E-state index contributed by atoms with van der Waals surface area (Å²) in [6, 6.07) is 61.1. The van der Waals surface area contributed by atoms with Gasteiger partial charge in [-0.15, -0.1) is 0 Å². The van der Waals surface area contributed by atoms with E-state index in [0.717, 1.165) is 55.3 Å². The average molecular weight is 652 g/mol. The Hall–Kier alpha value is -6.91. The van der Waals surface area contributed by atoms with E-state index >= 15 is 0 Å². The van der Waals surface area contributed by atoms with Gasteiger partial charge in [-0.3, -0.25) is 0 Å². The third-order valence-electron chi connectivity index (χ3n) is 9.73. The van der Waals surface area contributed by atoms with Crippen LogP contribution < -0.4 is 0 Å². The fourth-order valence-corrected chi connectivity index (χ4v) is 7.18. The van der Waals surface area contributed by atoms with Gasteiger partial charge in [-0.2, -0.15) is 0 Å². The summed E-state index contributed by atoms with van der Waals surface area (Å²) in [6.45, 7) is 0. The summed E-state index contributed by atoms with van der Waals surface area (Å²) in [6.07, 6.45) is 0. The zero-order valence-corrected chi connectivity index (χ0v) is 27.5. The van der Waals surface area contributed by atoms with Crippen LogP contribution in [-0.4, -0.2) is 15.0 Å². The number of furan rings is 1. The van der Waals surface area contributed by atoms with Gasteiger partial charge in [0.1, 0.15) is 11.2 Å². The van der Waals surface area contributed by atoms with Gasteiger partial charge in [0.05, 0.1) is 0 Å². The minimum absolute atomic E-state index is 0.599. The van der Waals surface area contributed by atoms with Crippen molar-refractivity contribution in [2.75, 3.05) is 0 Å². The van der Waals surface area contributed by atoms with Crippen LogP contribution >= 0.6 is 0 Å². The molecule has 2 aromatic heterocycles. The van der Waals surface area contributed by atoms with Crippen LogP contribution in [0.4, 0.5) is 0 Å². The van der Waals surface area contributed by atoms with Gasteiger partial charge >= 0.3 is 0 Å². The van der Waals surface area contributed by atoms with Crippen molar-refractivity contribution in [3.8, 4) is 56.4 Å². The molecule has 0 radical (unpaired) electrons. The molecule has 0 aliphatic carbocycles. The highest BCUT2D eigenvalue weighted by atomic mass is 16.3. The maximum Gasteiger partial charge on any atom is 0.164 e. The Morgan fingerprint density at radius 2 is 0.902 bits per heavy atom. The Kier molecular flexibility index (Phi) is 6.78. The molecule has 0 aliphatic heterocycles. The van der Waals surface area contributed by atoms with E-state index in [9.17, 15) is 0 Å². The Morgan fingerprint density at radius 1 is 0.314 bits per heavy atom. The second-order valence-electron chi connectivity index (χ2n) is 12.8. The molecule has 2 heterocycles. The van der Waals surface area contributed by atoms with Gasteiger partial charge in [-0.25, -0.2) is 15.0 Å². The highest BCUT2D eigenvalue weighted by molar-refractivity contribution is 6.13. The van der Waals surface area contributed by atoms with E-state index in [2.05, 4.69) is 133 Å². The summed E-state index contributed by atoms with van der Waals surface area (Å²) >= 11 is 0. The first-order valence-corrected chi connectivity index (χ1v) is 17.1. The van der Waals surface area contributed by atoms with Gasteiger partial charge in [-0.1, -0.05) is 152 Å². The Balaban J connectivity index is 1.13. The fraction of sp³-hybridized carbons (Fsp3) is 0. The molecule has 4 heteroatoms. The SMILES string of the molecule is c1ccc(-c2nc(-c3ccc(-c4cccc5ccccc45)cc3)nc(-c3cccc4oc5ccc(-c6ccc7ccccc7c6)cc5c34)n2)cc1. The van der Waals surface area contributed by atoms with Crippen LogP contribution in [0.1, 0.15) is 0 Å². The topological polar surface area (TPSA) is 51.8 Å². The summed E-state index contributed by atoms with van der Waals surface area (Å²) in [5, 5.41) is 6.89. The van der Waals surface area contributed by atoms with E-state index < -0.39 is 0 Å². The Morgan fingerprint density at radius 3 is 1.75 bits per heavy atom. The molecule has 8 aromatic carbocycles. The highest BCUT2D eigenvalue weighted by Gasteiger charge is 2.18. The summed E-state index contributed by atoms with van der Waals surface area (Å²) < 4.78 is 6.42. The van der Waals surface area contributed by atoms with Gasteiger partial charge in [-0.05, 0) is 68.1 Å². The largest absolute Gasteiger partial charge is 0.456 e. The first-order chi connectivity index (χ1) is 25.2. The molecular formula is C47H29N3O. The lowest BCUT2D eigenvalue weighted by Crippen LogP contribution is -2.00. The lowest BCUT2D eigenvalue weighted by Gasteiger charge is -2.11. The number of nitrogens with zero attached hydrogens (tertiary/aromatic N) is 3. The first-order valence-electron chi connectivity index (χ1n) is 17.1. The van der Waals surface area contributed by atoms with Crippen molar-refractivity contribution in [1.29, 1.82) is 0 Å². The van der Waals surface area contributed by atoms with Crippen LogP contribution in [0.25, 0.3) is 99.9 Å². The van der Waals surface area contributed by atoms with E-state index in [1.165, 1.54) is 27.1 Å². The standard InChI is InChI=1S/C47H29N3O/c1-2-12-33(13-3-1)45-48-46(34-23-21-32(22-24-34)39-17-8-15-31-11-6-7-16-38(31)39)50-47(49-45)40-18-9-19-43-44(40)41-29-37(26-27-42(41)51-43)36-25-20-30-10-4-5-14-35(30)28-36/h1-29H. The van der Waals surface area contributed by atoms with Crippen LogP contribution in [0, 0.1) is 0 Å². The lowest BCUT2D eigenvalue weighted by molar-refractivity contribution is 0.669. The molecule has 0 saturated carbocycles. The molecule has 10 aromatic rings. The number of aromatic nitrogens is 3. The molecule has 0 amide bonds. The van der Waals surface area contributed by atoms with Crippen LogP contribution in [0.15, 0.2) is 180 Å². The van der Waals surface area contributed by atoms with E-state index in [-0.39, 0.29) is 0 Å². The zero-order valence-electron chi connectivity index (χ0n) is 27.5. The summed E-state index contributed by atoms with van der Waals surface area (Å²) in [7, 11) is 0. The molecule has 0 spiro atoms. The van der Waals surface area contributed by atoms with Gasteiger partial charge in [0, 0.05) is 27.5 Å². The van der Waals surface area contributed by atoms with Crippen molar-refractivity contribution in [3.63, 3.8) is 0 Å². The molecule has 4 nitrogen and oxygen atoms in total. The van der Waals surface area contributed by atoms with Crippen molar-refractivity contribution in [1.82, 2.24) is 15.0 Å². The van der Waals surface area contributed by atoms with Crippen molar-refractivity contribution < 1.29 is 4.42 Å². The Bertz CT molecular complexity index is 2900. The van der Waals surface area contributed by atoms with Crippen molar-refractivity contribution in [2.24, 2.45) is 0 Å². The highest BCUT2D eigenvalue weighted by Crippen LogP contribution is 2.39. The van der Waals surface area contributed by atoms with Crippen molar-refractivity contribution in [2.45, 2.75) is 0 Å². The monoisotopic (exact) mass is 651 g/mol. The van der Waals surface area contributed by atoms with Gasteiger partial charge in [0.15, 0.2) is 17.5 Å². The fourth-order valence-electron chi connectivity index (χ4n) is 7.18. The van der Waals surface area contributed by atoms with E-state index in [4.69, 9.17) is 19.4 Å². The number of benzene rings is 8. The third kappa shape index (κ3) is 5.13. The number of hydrogen-bond acceptors (Lipinski definition) is 4.